The minimum absolute atomic E-state index is 0.107. The Morgan fingerprint density at radius 2 is 1.71 bits per heavy atom. The van der Waals surface area contributed by atoms with Crippen molar-refractivity contribution in [1.29, 1.82) is 0 Å². The first kappa shape index (κ1) is 12.6. The molecule has 0 unspecified atom stereocenters. The van der Waals surface area contributed by atoms with Crippen LogP contribution in [0.1, 0.15) is 57.8 Å². The zero-order valence-corrected chi connectivity index (χ0v) is 10.6. The summed E-state index contributed by atoms with van der Waals surface area (Å²) in [6, 6.07) is 0. The molecule has 96 valence electrons. The predicted octanol–water partition coefficient (Wildman–Crippen LogP) is 2.69. The van der Waals surface area contributed by atoms with Gasteiger partial charge in [-0.05, 0) is 31.6 Å². The van der Waals surface area contributed by atoms with Crippen molar-refractivity contribution in [3.8, 4) is 0 Å². The van der Waals surface area contributed by atoms with E-state index in [0.717, 1.165) is 25.0 Å². The van der Waals surface area contributed by atoms with Crippen molar-refractivity contribution in [2.75, 3.05) is 6.54 Å². The molecule has 0 aromatic rings. The number of carbonyl (C=O) groups is 1. The van der Waals surface area contributed by atoms with Crippen molar-refractivity contribution in [2.45, 2.75) is 57.8 Å². The van der Waals surface area contributed by atoms with E-state index in [0.29, 0.717) is 5.92 Å². The van der Waals surface area contributed by atoms with Crippen LogP contribution in [0.3, 0.4) is 0 Å². The SMILES string of the molecule is O=C1NNCCCC=C1C1CCCCCCC1. The van der Waals surface area contributed by atoms with Crippen LogP contribution in [0.2, 0.25) is 0 Å². The lowest BCUT2D eigenvalue weighted by atomic mass is 9.84. The van der Waals surface area contributed by atoms with Gasteiger partial charge in [-0.2, -0.15) is 0 Å². The highest BCUT2D eigenvalue weighted by molar-refractivity contribution is 5.93. The maximum atomic E-state index is 12.0. The largest absolute Gasteiger partial charge is 0.288 e. The van der Waals surface area contributed by atoms with Gasteiger partial charge in [-0.1, -0.05) is 38.2 Å². The molecule has 1 aliphatic heterocycles. The molecule has 17 heavy (non-hydrogen) atoms. The van der Waals surface area contributed by atoms with Crippen LogP contribution in [-0.2, 0) is 4.79 Å². The van der Waals surface area contributed by atoms with Gasteiger partial charge in [0.25, 0.3) is 5.91 Å². The number of hydrogen-bond acceptors (Lipinski definition) is 2. The molecule has 0 aromatic heterocycles. The summed E-state index contributed by atoms with van der Waals surface area (Å²) in [7, 11) is 0. The predicted molar refractivity (Wildman–Crippen MR) is 69.3 cm³/mol. The summed E-state index contributed by atoms with van der Waals surface area (Å²) >= 11 is 0. The van der Waals surface area contributed by atoms with Crippen LogP contribution in [-0.4, -0.2) is 12.5 Å². The van der Waals surface area contributed by atoms with Crippen molar-refractivity contribution in [2.24, 2.45) is 5.92 Å². The summed E-state index contributed by atoms with van der Waals surface area (Å²) in [5, 5.41) is 0. The van der Waals surface area contributed by atoms with Crippen LogP contribution < -0.4 is 10.9 Å². The molecule has 2 rings (SSSR count). The normalized spacial score (nSPS) is 24.9. The summed E-state index contributed by atoms with van der Waals surface area (Å²) in [4.78, 5) is 12.0. The van der Waals surface area contributed by atoms with E-state index in [-0.39, 0.29) is 5.91 Å². The Labute approximate surface area is 104 Å². The highest BCUT2D eigenvalue weighted by Gasteiger charge is 2.21. The highest BCUT2D eigenvalue weighted by atomic mass is 16.2. The minimum Gasteiger partial charge on any atom is -0.288 e. The third-order valence-electron chi connectivity index (χ3n) is 3.88. The minimum atomic E-state index is 0.107. The number of hydrogen-bond donors (Lipinski definition) is 2. The third kappa shape index (κ3) is 3.84. The maximum Gasteiger partial charge on any atom is 0.261 e. The average Bonchev–Trinajstić information content (AvgIpc) is 2.26. The monoisotopic (exact) mass is 236 g/mol. The lowest BCUT2D eigenvalue weighted by Crippen LogP contribution is -2.41. The van der Waals surface area contributed by atoms with E-state index in [4.69, 9.17) is 0 Å². The second-order valence-electron chi connectivity index (χ2n) is 5.22. The van der Waals surface area contributed by atoms with Crippen molar-refractivity contribution in [3.63, 3.8) is 0 Å². The Hall–Kier alpha value is -0.830. The second kappa shape index (κ2) is 6.80. The standard InChI is InChI=1S/C14H24N2O/c17-14-13(10-6-7-11-15-16-14)12-8-4-2-1-3-5-9-12/h10,12,15H,1-9,11H2,(H,16,17). The molecule has 1 heterocycles. The topological polar surface area (TPSA) is 41.1 Å². The van der Waals surface area contributed by atoms with Gasteiger partial charge in [0.05, 0.1) is 0 Å². The van der Waals surface area contributed by atoms with Crippen molar-refractivity contribution in [1.82, 2.24) is 10.9 Å². The summed E-state index contributed by atoms with van der Waals surface area (Å²) in [6.07, 6.45) is 13.3. The van der Waals surface area contributed by atoms with E-state index in [1.54, 1.807) is 0 Å². The van der Waals surface area contributed by atoms with Crippen LogP contribution in [0.5, 0.6) is 0 Å². The molecule has 0 aromatic carbocycles. The first-order valence-corrected chi connectivity index (χ1v) is 7.11. The lowest BCUT2D eigenvalue weighted by Gasteiger charge is -2.23. The molecule has 3 heteroatoms. The van der Waals surface area contributed by atoms with Gasteiger partial charge in [0, 0.05) is 12.1 Å². The molecule has 1 aliphatic carbocycles. The van der Waals surface area contributed by atoms with Crippen molar-refractivity contribution >= 4 is 5.91 Å². The highest BCUT2D eigenvalue weighted by Crippen LogP contribution is 2.28. The first-order valence-electron chi connectivity index (χ1n) is 7.11. The Bertz CT molecular complexity index is 278. The maximum absolute atomic E-state index is 12.0. The summed E-state index contributed by atoms with van der Waals surface area (Å²) < 4.78 is 0. The van der Waals surface area contributed by atoms with Crippen LogP contribution in [0, 0.1) is 5.92 Å². The molecule has 0 atom stereocenters. The van der Waals surface area contributed by atoms with E-state index in [2.05, 4.69) is 16.9 Å². The van der Waals surface area contributed by atoms with Crippen LogP contribution in [0.15, 0.2) is 11.6 Å². The molecule has 1 fully saturated rings. The Balaban J connectivity index is 2.02. The van der Waals surface area contributed by atoms with Crippen molar-refractivity contribution in [3.05, 3.63) is 11.6 Å². The van der Waals surface area contributed by atoms with E-state index in [1.165, 1.54) is 44.9 Å². The fraction of sp³-hybridized carbons (Fsp3) is 0.786. The summed E-state index contributed by atoms with van der Waals surface area (Å²) in [6.45, 7) is 0.875. The number of rotatable bonds is 1. The lowest BCUT2D eigenvalue weighted by molar-refractivity contribution is -0.119. The molecule has 2 N–H and O–H groups in total. The summed E-state index contributed by atoms with van der Waals surface area (Å²) in [5.41, 5.74) is 6.85. The first-order chi connectivity index (χ1) is 8.38. The second-order valence-corrected chi connectivity index (χ2v) is 5.22. The van der Waals surface area contributed by atoms with Gasteiger partial charge >= 0.3 is 0 Å². The molecule has 3 nitrogen and oxygen atoms in total. The fourth-order valence-electron chi connectivity index (χ4n) is 2.87. The van der Waals surface area contributed by atoms with Gasteiger partial charge in [-0.25, -0.2) is 5.43 Å². The van der Waals surface area contributed by atoms with E-state index in [1.807, 2.05) is 0 Å². The van der Waals surface area contributed by atoms with Gasteiger partial charge < -0.3 is 0 Å². The molecular formula is C14H24N2O. The van der Waals surface area contributed by atoms with Crippen LogP contribution in [0.4, 0.5) is 0 Å². The van der Waals surface area contributed by atoms with Gasteiger partial charge in [0.2, 0.25) is 0 Å². The molecular weight excluding hydrogens is 212 g/mol. The molecule has 1 amide bonds. The molecule has 0 saturated heterocycles. The fourth-order valence-corrected chi connectivity index (χ4v) is 2.87. The number of hydrazine groups is 1. The van der Waals surface area contributed by atoms with Crippen LogP contribution >= 0.6 is 0 Å². The zero-order chi connectivity index (χ0) is 11.9. The zero-order valence-electron chi connectivity index (χ0n) is 10.6. The van der Waals surface area contributed by atoms with E-state index >= 15 is 0 Å². The number of nitrogens with one attached hydrogen (secondary N) is 2. The van der Waals surface area contributed by atoms with Gasteiger partial charge in [0.15, 0.2) is 0 Å². The Morgan fingerprint density at radius 1 is 1.00 bits per heavy atom. The summed E-state index contributed by atoms with van der Waals surface area (Å²) in [5.74, 6) is 0.602. The molecule has 1 saturated carbocycles. The van der Waals surface area contributed by atoms with Gasteiger partial charge in [-0.3, -0.25) is 10.2 Å². The van der Waals surface area contributed by atoms with E-state index < -0.39 is 0 Å². The van der Waals surface area contributed by atoms with Crippen molar-refractivity contribution < 1.29 is 4.79 Å². The molecule has 0 bridgehead atoms. The Morgan fingerprint density at radius 3 is 2.47 bits per heavy atom. The number of allylic oxidation sites excluding steroid dienone is 1. The molecule has 2 aliphatic rings. The Kier molecular flexibility index (Phi) is 5.05. The number of carbonyl (C=O) groups excluding carboxylic acids is 1. The molecule has 0 spiro atoms. The number of amides is 1. The van der Waals surface area contributed by atoms with E-state index in [9.17, 15) is 4.79 Å². The smallest absolute Gasteiger partial charge is 0.261 e. The quantitative estimate of drug-likeness (QED) is 0.735. The van der Waals surface area contributed by atoms with Gasteiger partial charge in [0.1, 0.15) is 0 Å². The molecule has 0 radical (unpaired) electrons. The average molecular weight is 236 g/mol. The third-order valence-corrected chi connectivity index (χ3v) is 3.88. The van der Waals surface area contributed by atoms with Gasteiger partial charge in [-0.15, -0.1) is 0 Å². The van der Waals surface area contributed by atoms with Crippen LogP contribution in [0.25, 0.3) is 0 Å².